The number of methoxy groups -OCH3 is 1. The van der Waals surface area contributed by atoms with Crippen molar-refractivity contribution in [1.82, 2.24) is 0 Å². The van der Waals surface area contributed by atoms with Gasteiger partial charge in [0.05, 0.1) is 19.1 Å². The molecule has 1 aliphatic heterocycles. The minimum atomic E-state index is -0.171. The van der Waals surface area contributed by atoms with E-state index in [1.807, 2.05) is 31.2 Å². The summed E-state index contributed by atoms with van der Waals surface area (Å²) in [5.74, 6) is 1.86. The summed E-state index contributed by atoms with van der Waals surface area (Å²) in [5.41, 5.74) is 4.50. The predicted octanol–water partition coefficient (Wildman–Crippen LogP) is 4.27. The molecule has 0 radical (unpaired) electrons. The van der Waals surface area contributed by atoms with Gasteiger partial charge >= 0.3 is 0 Å². The molecule has 2 nitrogen and oxygen atoms in total. The maximum absolute atomic E-state index is 6.62. The highest BCUT2D eigenvalue weighted by molar-refractivity contribution is 6.22. The van der Waals surface area contributed by atoms with Crippen LogP contribution in [0, 0.1) is 6.92 Å². The molecule has 0 amide bonds. The molecule has 20 heavy (non-hydrogen) atoms. The molecule has 0 N–H and O–H groups in total. The number of benzene rings is 2. The Kier molecular flexibility index (Phi) is 3.58. The lowest BCUT2D eigenvalue weighted by Crippen LogP contribution is -1.96. The van der Waals surface area contributed by atoms with Crippen LogP contribution in [0.3, 0.4) is 0 Å². The Morgan fingerprint density at radius 3 is 2.70 bits per heavy atom. The van der Waals surface area contributed by atoms with E-state index in [-0.39, 0.29) is 5.38 Å². The monoisotopic (exact) mass is 288 g/mol. The first-order valence-corrected chi connectivity index (χ1v) is 7.17. The first kappa shape index (κ1) is 13.3. The second kappa shape index (κ2) is 5.37. The number of alkyl halides is 1. The van der Waals surface area contributed by atoms with E-state index in [9.17, 15) is 0 Å². The lowest BCUT2D eigenvalue weighted by Gasteiger charge is -2.14. The number of ether oxygens (including phenoxy) is 2. The maximum atomic E-state index is 6.62. The van der Waals surface area contributed by atoms with Crippen molar-refractivity contribution in [2.24, 2.45) is 0 Å². The summed E-state index contributed by atoms with van der Waals surface area (Å²) in [6.07, 6.45) is 0.962. The standard InChI is InChI=1S/C17H17ClO2/c1-11-3-4-14(10-16(11)19-2)17(18)13-5-6-15-12(9-13)7-8-20-15/h3-6,9-10,17H,7-8H2,1-2H3. The molecule has 0 bridgehead atoms. The van der Waals surface area contributed by atoms with Crippen molar-refractivity contribution >= 4 is 11.6 Å². The zero-order chi connectivity index (χ0) is 14.1. The Hall–Kier alpha value is -1.67. The fourth-order valence-electron chi connectivity index (χ4n) is 2.55. The van der Waals surface area contributed by atoms with Crippen LogP contribution in [-0.4, -0.2) is 13.7 Å². The lowest BCUT2D eigenvalue weighted by atomic mass is 10.00. The Balaban J connectivity index is 1.94. The third-order valence-electron chi connectivity index (χ3n) is 3.73. The van der Waals surface area contributed by atoms with Gasteiger partial charge in [0.1, 0.15) is 11.5 Å². The van der Waals surface area contributed by atoms with E-state index in [4.69, 9.17) is 21.1 Å². The number of halogens is 1. The molecule has 1 heterocycles. The van der Waals surface area contributed by atoms with E-state index in [1.54, 1.807) is 7.11 Å². The fourth-order valence-corrected chi connectivity index (χ4v) is 2.82. The maximum Gasteiger partial charge on any atom is 0.122 e. The molecule has 1 unspecified atom stereocenters. The van der Waals surface area contributed by atoms with Crippen LogP contribution in [-0.2, 0) is 6.42 Å². The first-order valence-electron chi connectivity index (χ1n) is 6.73. The zero-order valence-electron chi connectivity index (χ0n) is 11.7. The lowest BCUT2D eigenvalue weighted by molar-refractivity contribution is 0.357. The quantitative estimate of drug-likeness (QED) is 0.786. The van der Waals surface area contributed by atoms with Crippen LogP contribution >= 0.6 is 11.6 Å². The molecular weight excluding hydrogens is 272 g/mol. The van der Waals surface area contributed by atoms with Gasteiger partial charge in [-0.1, -0.05) is 24.3 Å². The number of hydrogen-bond donors (Lipinski definition) is 0. The normalized spacial score (nSPS) is 14.6. The van der Waals surface area contributed by atoms with E-state index >= 15 is 0 Å². The first-order chi connectivity index (χ1) is 9.69. The van der Waals surface area contributed by atoms with Crippen LogP contribution in [0.4, 0.5) is 0 Å². The Morgan fingerprint density at radius 1 is 1.15 bits per heavy atom. The summed E-state index contributed by atoms with van der Waals surface area (Å²) in [5, 5.41) is -0.171. The molecule has 2 aromatic rings. The van der Waals surface area contributed by atoms with Gasteiger partial charge < -0.3 is 9.47 Å². The molecule has 3 rings (SSSR count). The van der Waals surface area contributed by atoms with E-state index in [0.29, 0.717) is 0 Å². The minimum absolute atomic E-state index is 0.171. The van der Waals surface area contributed by atoms with Crippen LogP contribution in [0.25, 0.3) is 0 Å². The minimum Gasteiger partial charge on any atom is -0.496 e. The number of aryl methyl sites for hydroxylation is 1. The van der Waals surface area contributed by atoms with Crippen molar-refractivity contribution in [2.45, 2.75) is 18.7 Å². The molecule has 0 spiro atoms. The van der Waals surface area contributed by atoms with Gasteiger partial charge in [-0.25, -0.2) is 0 Å². The topological polar surface area (TPSA) is 18.5 Å². The molecule has 1 atom stereocenters. The fraction of sp³-hybridized carbons (Fsp3) is 0.294. The summed E-state index contributed by atoms with van der Waals surface area (Å²) < 4.78 is 10.9. The average molecular weight is 289 g/mol. The predicted molar refractivity (Wildman–Crippen MR) is 81.1 cm³/mol. The summed E-state index contributed by atoms with van der Waals surface area (Å²) >= 11 is 6.62. The molecule has 2 aromatic carbocycles. The van der Waals surface area contributed by atoms with Gasteiger partial charge in [-0.15, -0.1) is 11.6 Å². The molecule has 0 aliphatic carbocycles. The van der Waals surface area contributed by atoms with Gasteiger partial charge in [0.2, 0.25) is 0 Å². The largest absolute Gasteiger partial charge is 0.496 e. The summed E-state index contributed by atoms with van der Waals surface area (Å²) in [4.78, 5) is 0. The van der Waals surface area contributed by atoms with Gasteiger partial charge in [-0.3, -0.25) is 0 Å². The van der Waals surface area contributed by atoms with Crippen molar-refractivity contribution in [2.75, 3.05) is 13.7 Å². The second-order valence-electron chi connectivity index (χ2n) is 5.06. The van der Waals surface area contributed by atoms with Crippen LogP contribution in [0.1, 0.15) is 27.6 Å². The van der Waals surface area contributed by atoms with Crippen LogP contribution in [0.5, 0.6) is 11.5 Å². The van der Waals surface area contributed by atoms with Crippen LogP contribution in [0.2, 0.25) is 0 Å². The molecule has 3 heteroatoms. The second-order valence-corrected chi connectivity index (χ2v) is 5.49. The number of fused-ring (bicyclic) bond motifs is 1. The molecule has 1 aliphatic rings. The molecule has 0 aromatic heterocycles. The average Bonchev–Trinajstić information content (AvgIpc) is 2.94. The van der Waals surface area contributed by atoms with Crippen molar-refractivity contribution < 1.29 is 9.47 Å². The Labute approximate surface area is 124 Å². The van der Waals surface area contributed by atoms with Crippen molar-refractivity contribution in [3.05, 3.63) is 58.7 Å². The van der Waals surface area contributed by atoms with Crippen molar-refractivity contribution in [3.63, 3.8) is 0 Å². The SMILES string of the molecule is COc1cc(C(Cl)c2ccc3c(c2)CCO3)ccc1C. The molecular formula is C17H17ClO2. The van der Waals surface area contributed by atoms with E-state index in [2.05, 4.69) is 12.1 Å². The molecule has 0 saturated heterocycles. The smallest absolute Gasteiger partial charge is 0.122 e. The summed E-state index contributed by atoms with van der Waals surface area (Å²) in [6.45, 7) is 2.79. The highest BCUT2D eigenvalue weighted by Gasteiger charge is 2.17. The van der Waals surface area contributed by atoms with Crippen molar-refractivity contribution in [3.8, 4) is 11.5 Å². The summed E-state index contributed by atoms with van der Waals surface area (Å²) in [7, 11) is 1.68. The third-order valence-corrected chi connectivity index (χ3v) is 4.23. The van der Waals surface area contributed by atoms with Gasteiger partial charge in [-0.05, 0) is 41.3 Å². The van der Waals surface area contributed by atoms with Crippen molar-refractivity contribution in [1.29, 1.82) is 0 Å². The molecule has 0 fully saturated rings. The van der Waals surface area contributed by atoms with Gasteiger partial charge in [0, 0.05) is 6.42 Å². The zero-order valence-corrected chi connectivity index (χ0v) is 12.4. The van der Waals surface area contributed by atoms with Gasteiger partial charge in [-0.2, -0.15) is 0 Å². The van der Waals surface area contributed by atoms with Gasteiger partial charge in [0.25, 0.3) is 0 Å². The Bertz CT molecular complexity index is 626. The van der Waals surface area contributed by atoms with E-state index in [0.717, 1.165) is 41.2 Å². The van der Waals surface area contributed by atoms with Crippen LogP contribution in [0.15, 0.2) is 36.4 Å². The number of rotatable bonds is 3. The van der Waals surface area contributed by atoms with E-state index in [1.165, 1.54) is 5.56 Å². The highest BCUT2D eigenvalue weighted by Crippen LogP contribution is 2.35. The number of hydrogen-bond acceptors (Lipinski definition) is 2. The third kappa shape index (κ3) is 2.36. The van der Waals surface area contributed by atoms with Gasteiger partial charge in [0.15, 0.2) is 0 Å². The van der Waals surface area contributed by atoms with Crippen LogP contribution < -0.4 is 9.47 Å². The molecule has 0 saturated carbocycles. The molecule has 104 valence electrons. The van der Waals surface area contributed by atoms with E-state index < -0.39 is 0 Å². The summed E-state index contributed by atoms with van der Waals surface area (Å²) in [6, 6.07) is 12.3. The Morgan fingerprint density at radius 2 is 1.90 bits per heavy atom. The highest BCUT2D eigenvalue weighted by atomic mass is 35.5.